The molecule has 1 unspecified atom stereocenters. The zero-order valence-electron chi connectivity index (χ0n) is 13.5. The van der Waals surface area contributed by atoms with E-state index in [0.717, 1.165) is 44.0 Å². The van der Waals surface area contributed by atoms with Gasteiger partial charge < -0.3 is 10.0 Å². The van der Waals surface area contributed by atoms with Crippen molar-refractivity contribution >= 4 is 5.97 Å². The smallest absolute Gasteiger partial charge is 0.328 e. The van der Waals surface area contributed by atoms with E-state index in [-0.39, 0.29) is 0 Å². The number of nitrogens with zero attached hydrogens (tertiary/aromatic N) is 4. The number of carboxylic acids is 1. The molecule has 1 aromatic rings. The number of aryl methyl sites for hydroxylation is 1. The first kappa shape index (κ1) is 15.5. The third-order valence-corrected chi connectivity index (χ3v) is 5.05. The van der Waals surface area contributed by atoms with E-state index in [0.29, 0.717) is 18.4 Å². The highest BCUT2D eigenvalue weighted by molar-refractivity contribution is 5.71. The molecular formula is C16H26N4O2. The lowest BCUT2D eigenvalue weighted by molar-refractivity contribution is -0.141. The van der Waals surface area contributed by atoms with Gasteiger partial charge in [-0.3, -0.25) is 0 Å². The summed E-state index contributed by atoms with van der Waals surface area (Å²) in [5, 5.41) is 13.8. The van der Waals surface area contributed by atoms with Crippen molar-refractivity contribution in [3.63, 3.8) is 0 Å². The van der Waals surface area contributed by atoms with Gasteiger partial charge in [-0.1, -0.05) is 0 Å². The van der Waals surface area contributed by atoms with Crippen molar-refractivity contribution in [3.05, 3.63) is 11.6 Å². The molecule has 0 spiro atoms. The van der Waals surface area contributed by atoms with Crippen molar-refractivity contribution in [1.29, 1.82) is 0 Å². The van der Waals surface area contributed by atoms with E-state index >= 15 is 0 Å². The number of hydrogen-bond donors (Lipinski definition) is 1. The molecule has 0 radical (unpaired) electrons. The summed E-state index contributed by atoms with van der Waals surface area (Å²) in [4.78, 5) is 18.4. The van der Waals surface area contributed by atoms with Crippen molar-refractivity contribution < 1.29 is 9.90 Å². The molecule has 122 valence electrons. The van der Waals surface area contributed by atoms with E-state index in [1.807, 2.05) is 0 Å². The first-order valence-electron chi connectivity index (χ1n) is 8.45. The van der Waals surface area contributed by atoms with Crippen LogP contribution in [-0.4, -0.2) is 49.9 Å². The molecule has 2 aliphatic heterocycles. The summed E-state index contributed by atoms with van der Waals surface area (Å²) in [6, 6.07) is 0.100. The molecule has 3 heterocycles. The van der Waals surface area contributed by atoms with Gasteiger partial charge >= 0.3 is 5.97 Å². The zero-order chi connectivity index (χ0) is 15.7. The second-order valence-corrected chi connectivity index (χ2v) is 6.91. The summed E-state index contributed by atoms with van der Waals surface area (Å²) in [6.45, 7) is 6.79. The molecule has 0 bridgehead atoms. The van der Waals surface area contributed by atoms with Crippen molar-refractivity contribution in [2.24, 2.45) is 5.92 Å². The minimum absolute atomic E-state index is 0.521. The number of carbonyl (C=O) groups is 1. The van der Waals surface area contributed by atoms with Crippen LogP contribution in [0.2, 0.25) is 0 Å². The molecular weight excluding hydrogens is 280 g/mol. The Morgan fingerprint density at radius 2 is 2.05 bits per heavy atom. The number of aliphatic carboxylic acids is 1. The van der Waals surface area contributed by atoms with E-state index in [2.05, 4.69) is 28.8 Å². The number of fused-ring (bicyclic) bond motifs is 1. The van der Waals surface area contributed by atoms with Crippen molar-refractivity contribution in [2.75, 3.05) is 13.1 Å². The first-order valence-corrected chi connectivity index (χ1v) is 8.45. The Bertz CT molecular complexity index is 532. The Hall–Kier alpha value is -1.43. The summed E-state index contributed by atoms with van der Waals surface area (Å²) in [6.07, 6.45) is 5.66. The lowest BCUT2D eigenvalue weighted by Crippen LogP contribution is -2.38. The molecule has 1 N–H and O–H groups in total. The maximum Gasteiger partial charge on any atom is 0.328 e. The summed E-state index contributed by atoms with van der Waals surface area (Å²) in [5.41, 5.74) is 0. The van der Waals surface area contributed by atoms with Crippen LogP contribution >= 0.6 is 0 Å². The molecule has 1 fully saturated rings. The molecule has 2 aliphatic rings. The number of piperidine rings is 1. The summed E-state index contributed by atoms with van der Waals surface area (Å²) >= 11 is 0. The first-order chi connectivity index (χ1) is 10.5. The zero-order valence-corrected chi connectivity index (χ0v) is 13.5. The van der Waals surface area contributed by atoms with E-state index in [4.69, 9.17) is 0 Å². The van der Waals surface area contributed by atoms with Gasteiger partial charge in [0, 0.05) is 18.9 Å². The third-order valence-electron chi connectivity index (χ3n) is 5.05. The lowest BCUT2D eigenvalue weighted by Gasteiger charge is -2.34. The van der Waals surface area contributed by atoms with Crippen LogP contribution in [0, 0.1) is 5.92 Å². The summed E-state index contributed by atoms with van der Waals surface area (Å²) < 4.78 is 1.66. The third kappa shape index (κ3) is 3.16. The molecule has 1 atom stereocenters. The van der Waals surface area contributed by atoms with Crippen molar-refractivity contribution in [2.45, 2.75) is 64.5 Å². The molecule has 6 nitrogen and oxygen atoms in total. The number of carboxylic acid groups (broad SMARTS) is 1. The predicted octanol–water partition coefficient (Wildman–Crippen LogP) is 1.90. The minimum atomic E-state index is -0.789. The maximum absolute atomic E-state index is 11.3. The molecule has 1 aromatic heterocycles. The summed E-state index contributed by atoms with van der Waals surface area (Å²) in [5.74, 6) is 1.53. The van der Waals surface area contributed by atoms with Crippen LogP contribution in [0.4, 0.5) is 0 Å². The van der Waals surface area contributed by atoms with Crippen molar-refractivity contribution in [3.8, 4) is 0 Å². The van der Waals surface area contributed by atoms with Gasteiger partial charge in [0.1, 0.15) is 5.82 Å². The lowest BCUT2D eigenvalue weighted by atomic mass is 9.93. The van der Waals surface area contributed by atoms with Gasteiger partial charge in [0.15, 0.2) is 11.9 Å². The van der Waals surface area contributed by atoms with Crippen LogP contribution in [0.25, 0.3) is 0 Å². The Balaban J connectivity index is 1.64. The van der Waals surface area contributed by atoms with Crippen LogP contribution < -0.4 is 0 Å². The largest absolute Gasteiger partial charge is 0.480 e. The van der Waals surface area contributed by atoms with Crippen LogP contribution in [0.1, 0.15) is 57.2 Å². The van der Waals surface area contributed by atoms with Gasteiger partial charge in [-0.25, -0.2) is 14.5 Å². The van der Waals surface area contributed by atoms with Crippen LogP contribution in [-0.2, 0) is 17.6 Å². The molecule has 0 amide bonds. The highest BCUT2D eigenvalue weighted by atomic mass is 16.4. The Morgan fingerprint density at radius 3 is 2.68 bits per heavy atom. The minimum Gasteiger partial charge on any atom is -0.480 e. The normalized spacial score (nSPS) is 23.7. The number of likely N-dealkylation sites (tertiary alicyclic amines) is 1. The molecule has 1 saturated heterocycles. The second kappa shape index (κ2) is 6.36. The van der Waals surface area contributed by atoms with Crippen LogP contribution in [0.3, 0.4) is 0 Å². The summed E-state index contributed by atoms with van der Waals surface area (Å²) in [7, 11) is 0. The number of hydrogen-bond acceptors (Lipinski definition) is 4. The topological polar surface area (TPSA) is 71.2 Å². The maximum atomic E-state index is 11.3. The number of aromatic nitrogens is 3. The number of rotatable bonds is 4. The SMILES string of the molecule is CC(C)N1CCC(Cc2nc3n(n2)C(C(=O)O)CCC3)CC1. The molecule has 0 aromatic carbocycles. The molecule has 0 saturated carbocycles. The molecule has 6 heteroatoms. The predicted molar refractivity (Wildman–Crippen MR) is 82.8 cm³/mol. The Labute approximate surface area is 131 Å². The highest BCUT2D eigenvalue weighted by Crippen LogP contribution is 2.26. The second-order valence-electron chi connectivity index (χ2n) is 6.91. The van der Waals surface area contributed by atoms with Crippen LogP contribution in [0.15, 0.2) is 0 Å². The molecule has 22 heavy (non-hydrogen) atoms. The monoisotopic (exact) mass is 306 g/mol. The van der Waals surface area contributed by atoms with Gasteiger partial charge in [-0.15, -0.1) is 0 Å². The quantitative estimate of drug-likeness (QED) is 0.920. The van der Waals surface area contributed by atoms with Gasteiger partial charge in [0.25, 0.3) is 0 Å². The standard InChI is InChI=1S/C16H26N4O2/c1-11(2)19-8-6-12(7-9-19)10-14-17-15-5-3-4-13(16(21)22)20(15)18-14/h11-13H,3-10H2,1-2H3,(H,21,22). The average Bonchev–Trinajstić information content (AvgIpc) is 2.89. The molecule has 3 rings (SSSR count). The Morgan fingerprint density at radius 1 is 1.32 bits per heavy atom. The fourth-order valence-electron chi connectivity index (χ4n) is 3.65. The van der Waals surface area contributed by atoms with Crippen LogP contribution in [0.5, 0.6) is 0 Å². The fourth-order valence-corrected chi connectivity index (χ4v) is 3.65. The van der Waals surface area contributed by atoms with E-state index < -0.39 is 12.0 Å². The van der Waals surface area contributed by atoms with Gasteiger partial charge in [0.05, 0.1) is 0 Å². The van der Waals surface area contributed by atoms with Crippen molar-refractivity contribution in [1.82, 2.24) is 19.7 Å². The Kier molecular flexibility index (Phi) is 4.47. The highest BCUT2D eigenvalue weighted by Gasteiger charge is 2.29. The van der Waals surface area contributed by atoms with E-state index in [1.165, 1.54) is 12.8 Å². The average molecular weight is 306 g/mol. The molecule has 0 aliphatic carbocycles. The van der Waals surface area contributed by atoms with Gasteiger partial charge in [-0.05, 0) is 58.5 Å². The van der Waals surface area contributed by atoms with E-state index in [1.54, 1.807) is 4.68 Å². The van der Waals surface area contributed by atoms with E-state index in [9.17, 15) is 9.90 Å². The van der Waals surface area contributed by atoms with Gasteiger partial charge in [-0.2, -0.15) is 5.10 Å². The van der Waals surface area contributed by atoms with Gasteiger partial charge in [0.2, 0.25) is 0 Å². The fraction of sp³-hybridized carbons (Fsp3) is 0.812.